The Morgan fingerprint density at radius 1 is 1.40 bits per heavy atom. The second kappa shape index (κ2) is 4.56. The highest BCUT2D eigenvalue weighted by atomic mass is 32.2. The lowest BCUT2D eigenvalue weighted by molar-refractivity contribution is 0.201. The van der Waals surface area contributed by atoms with Crippen molar-refractivity contribution in [1.82, 2.24) is 0 Å². The van der Waals surface area contributed by atoms with E-state index in [0.29, 0.717) is 12.2 Å². The number of rotatable bonds is 3. The first-order valence-corrected chi connectivity index (χ1v) is 7.00. The van der Waals surface area contributed by atoms with E-state index in [4.69, 9.17) is 4.74 Å². The van der Waals surface area contributed by atoms with Crippen molar-refractivity contribution < 1.29 is 13.2 Å². The van der Waals surface area contributed by atoms with Crippen molar-refractivity contribution in [2.24, 2.45) is 0 Å². The van der Waals surface area contributed by atoms with Crippen LogP contribution >= 0.6 is 0 Å². The van der Waals surface area contributed by atoms with Crippen LogP contribution in [0.25, 0.3) is 0 Å². The van der Waals surface area contributed by atoms with Gasteiger partial charge < -0.3 is 4.74 Å². The van der Waals surface area contributed by atoms with Gasteiger partial charge in [0.15, 0.2) is 9.84 Å². The van der Waals surface area contributed by atoms with Crippen molar-refractivity contribution in [2.75, 3.05) is 12.4 Å². The van der Waals surface area contributed by atoms with Gasteiger partial charge in [0, 0.05) is 0 Å². The molecule has 4 heteroatoms. The molecule has 1 fully saturated rings. The van der Waals surface area contributed by atoms with Crippen LogP contribution in [0.15, 0.2) is 11.8 Å². The Kier molecular flexibility index (Phi) is 3.82. The van der Waals surface area contributed by atoms with E-state index in [1.807, 2.05) is 13.8 Å². The summed E-state index contributed by atoms with van der Waals surface area (Å²) < 4.78 is 28.4. The quantitative estimate of drug-likeness (QED) is 0.701. The molecule has 88 valence electrons. The van der Waals surface area contributed by atoms with Gasteiger partial charge in [0.05, 0.1) is 12.0 Å². The lowest BCUT2D eigenvalue weighted by atomic mass is 10.0. The van der Waals surface area contributed by atoms with Crippen molar-refractivity contribution in [3.8, 4) is 0 Å². The van der Waals surface area contributed by atoms with Crippen LogP contribution in [0.2, 0.25) is 0 Å². The molecule has 0 saturated carbocycles. The maximum Gasteiger partial charge on any atom is 0.159 e. The Morgan fingerprint density at radius 2 is 2.07 bits per heavy atom. The van der Waals surface area contributed by atoms with Crippen LogP contribution < -0.4 is 0 Å². The Bertz CT molecular complexity index is 339. The van der Waals surface area contributed by atoms with Gasteiger partial charge in [0.25, 0.3) is 0 Å². The average Bonchev–Trinajstić information content (AvgIpc) is 2.10. The molecule has 0 aliphatic carbocycles. The first-order chi connectivity index (χ1) is 6.87. The lowest BCUT2D eigenvalue weighted by Gasteiger charge is -2.32. The van der Waals surface area contributed by atoms with E-state index in [1.165, 1.54) is 0 Å². The van der Waals surface area contributed by atoms with Crippen molar-refractivity contribution in [1.29, 1.82) is 0 Å². The van der Waals surface area contributed by atoms with Gasteiger partial charge in [0.2, 0.25) is 0 Å². The van der Waals surface area contributed by atoms with Gasteiger partial charge in [-0.2, -0.15) is 0 Å². The molecule has 0 aromatic carbocycles. The minimum absolute atomic E-state index is 0.278. The van der Waals surface area contributed by atoms with Gasteiger partial charge >= 0.3 is 0 Å². The molecule has 1 saturated heterocycles. The third-order valence-corrected chi connectivity index (χ3v) is 5.48. The fourth-order valence-corrected chi connectivity index (χ4v) is 3.52. The van der Waals surface area contributed by atoms with Crippen LogP contribution in [0.5, 0.6) is 0 Å². The number of hydrogen-bond acceptors (Lipinski definition) is 3. The largest absolute Gasteiger partial charge is 0.500 e. The standard InChI is InChI=1S/C11H20O3S/c1-10(2)8-14-9-11(3)6-4-5-7-15(11,12)13/h8H,4-7,9H2,1-3H3. The summed E-state index contributed by atoms with van der Waals surface area (Å²) in [4.78, 5) is 0. The van der Waals surface area contributed by atoms with Gasteiger partial charge in [-0.05, 0) is 39.2 Å². The molecular formula is C11H20O3S. The molecule has 1 aliphatic rings. The molecular weight excluding hydrogens is 212 g/mol. The van der Waals surface area contributed by atoms with Gasteiger partial charge in [-0.1, -0.05) is 6.42 Å². The van der Waals surface area contributed by atoms with Gasteiger partial charge in [-0.3, -0.25) is 0 Å². The second-order valence-corrected chi connectivity index (χ2v) is 7.36. The van der Waals surface area contributed by atoms with E-state index >= 15 is 0 Å². The summed E-state index contributed by atoms with van der Waals surface area (Å²) in [6.45, 7) is 5.93. The zero-order chi connectivity index (χ0) is 11.5. The fourth-order valence-electron chi connectivity index (χ4n) is 1.74. The Hall–Kier alpha value is -0.510. The molecule has 1 aliphatic heterocycles. The van der Waals surface area contributed by atoms with Gasteiger partial charge in [0.1, 0.15) is 11.4 Å². The topological polar surface area (TPSA) is 43.4 Å². The summed E-state index contributed by atoms with van der Waals surface area (Å²) in [7, 11) is -2.98. The molecule has 0 spiro atoms. The average molecular weight is 232 g/mol. The van der Waals surface area contributed by atoms with E-state index in [2.05, 4.69) is 0 Å². The third kappa shape index (κ3) is 2.97. The summed E-state index contributed by atoms with van der Waals surface area (Å²) in [6.07, 6.45) is 4.12. The summed E-state index contributed by atoms with van der Waals surface area (Å²) in [5.74, 6) is 0.307. The normalized spacial score (nSPS) is 29.5. The fraction of sp³-hybridized carbons (Fsp3) is 0.818. The first kappa shape index (κ1) is 12.6. The predicted molar refractivity (Wildman–Crippen MR) is 61.4 cm³/mol. The zero-order valence-corrected chi connectivity index (χ0v) is 10.6. The molecule has 15 heavy (non-hydrogen) atoms. The predicted octanol–water partition coefficient (Wildman–Crippen LogP) is 2.28. The smallest absolute Gasteiger partial charge is 0.159 e. The Balaban J connectivity index is 2.68. The van der Waals surface area contributed by atoms with E-state index in [1.54, 1.807) is 13.2 Å². The van der Waals surface area contributed by atoms with Crippen LogP contribution in [-0.2, 0) is 14.6 Å². The minimum atomic E-state index is -2.98. The molecule has 0 amide bonds. The highest BCUT2D eigenvalue weighted by Crippen LogP contribution is 2.30. The SMILES string of the molecule is CC(C)=COCC1(C)CCCCS1(=O)=O. The van der Waals surface area contributed by atoms with Gasteiger partial charge in [-0.15, -0.1) is 0 Å². The van der Waals surface area contributed by atoms with Crippen molar-refractivity contribution in [2.45, 2.75) is 44.8 Å². The number of hydrogen-bond donors (Lipinski definition) is 0. The number of ether oxygens (including phenoxy) is 1. The molecule has 0 bridgehead atoms. The summed E-state index contributed by atoms with van der Waals surface area (Å²) in [5, 5.41) is 0. The van der Waals surface area contributed by atoms with Crippen LogP contribution in [0, 0.1) is 0 Å². The molecule has 1 atom stereocenters. The minimum Gasteiger partial charge on any atom is -0.500 e. The highest BCUT2D eigenvalue weighted by Gasteiger charge is 2.41. The maximum absolute atomic E-state index is 11.9. The van der Waals surface area contributed by atoms with E-state index < -0.39 is 14.6 Å². The molecule has 0 N–H and O–H groups in total. The summed E-state index contributed by atoms with van der Waals surface area (Å²) in [6, 6.07) is 0. The number of allylic oxidation sites excluding steroid dienone is 1. The van der Waals surface area contributed by atoms with Crippen molar-refractivity contribution in [3.05, 3.63) is 11.8 Å². The Morgan fingerprint density at radius 3 is 2.60 bits per heavy atom. The summed E-state index contributed by atoms with van der Waals surface area (Å²) >= 11 is 0. The Labute approximate surface area is 92.4 Å². The van der Waals surface area contributed by atoms with Crippen LogP contribution in [0.1, 0.15) is 40.0 Å². The van der Waals surface area contributed by atoms with Crippen molar-refractivity contribution >= 4 is 9.84 Å². The highest BCUT2D eigenvalue weighted by molar-refractivity contribution is 7.92. The monoisotopic (exact) mass is 232 g/mol. The lowest BCUT2D eigenvalue weighted by Crippen LogP contribution is -2.44. The van der Waals surface area contributed by atoms with Gasteiger partial charge in [-0.25, -0.2) is 8.42 Å². The van der Waals surface area contributed by atoms with E-state index in [-0.39, 0.29) is 6.61 Å². The van der Waals surface area contributed by atoms with Crippen LogP contribution in [-0.4, -0.2) is 25.5 Å². The molecule has 1 rings (SSSR count). The number of sulfone groups is 1. The van der Waals surface area contributed by atoms with Crippen molar-refractivity contribution in [3.63, 3.8) is 0 Å². The maximum atomic E-state index is 11.9. The molecule has 0 aromatic heterocycles. The summed E-state index contributed by atoms with van der Waals surface area (Å²) in [5.41, 5.74) is 1.05. The van der Waals surface area contributed by atoms with Crippen LogP contribution in [0.3, 0.4) is 0 Å². The molecule has 1 heterocycles. The van der Waals surface area contributed by atoms with E-state index in [9.17, 15) is 8.42 Å². The second-order valence-electron chi connectivity index (χ2n) is 4.73. The molecule has 0 aromatic rings. The molecule has 3 nitrogen and oxygen atoms in total. The van der Waals surface area contributed by atoms with E-state index in [0.717, 1.165) is 18.4 Å². The third-order valence-electron chi connectivity index (χ3n) is 2.83. The zero-order valence-electron chi connectivity index (χ0n) is 9.75. The molecule has 0 radical (unpaired) electrons. The van der Waals surface area contributed by atoms with Crippen LogP contribution in [0.4, 0.5) is 0 Å². The first-order valence-electron chi connectivity index (χ1n) is 5.35. The molecule has 1 unspecified atom stereocenters.